The first-order chi connectivity index (χ1) is 10.3. The normalized spacial score (nSPS) is 10.8. The molecule has 0 saturated heterocycles. The average Bonchev–Trinajstić information content (AvgIpc) is 2.43. The first-order valence-electron chi connectivity index (χ1n) is 6.97. The van der Waals surface area contributed by atoms with Gasteiger partial charge in [0.15, 0.2) is 0 Å². The summed E-state index contributed by atoms with van der Waals surface area (Å²) >= 11 is 0. The SMILES string of the molecule is C=C(CC)C(=O)O.CC(C)(C)C=CC(=O)O.CC=C(C)C(=O)O. The lowest BCUT2D eigenvalue weighted by atomic mass is 9.96. The van der Waals surface area contributed by atoms with E-state index in [4.69, 9.17) is 15.3 Å². The van der Waals surface area contributed by atoms with Crippen LogP contribution in [0.25, 0.3) is 0 Å². The lowest BCUT2D eigenvalue weighted by Gasteiger charge is -2.09. The first-order valence-corrected chi connectivity index (χ1v) is 6.97. The van der Waals surface area contributed by atoms with E-state index < -0.39 is 17.9 Å². The average molecular weight is 328 g/mol. The highest BCUT2D eigenvalue weighted by atomic mass is 16.4. The molecule has 0 aliphatic heterocycles. The van der Waals surface area contributed by atoms with Gasteiger partial charge in [0.1, 0.15) is 0 Å². The van der Waals surface area contributed by atoms with Crippen molar-refractivity contribution in [3.63, 3.8) is 0 Å². The van der Waals surface area contributed by atoms with Crippen molar-refractivity contribution in [1.29, 1.82) is 0 Å². The van der Waals surface area contributed by atoms with Gasteiger partial charge in [0.05, 0.1) is 0 Å². The van der Waals surface area contributed by atoms with Crippen LogP contribution in [-0.2, 0) is 14.4 Å². The minimum absolute atomic E-state index is 0.0294. The second-order valence-electron chi connectivity index (χ2n) is 5.58. The van der Waals surface area contributed by atoms with Gasteiger partial charge in [-0.3, -0.25) is 0 Å². The molecule has 0 heterocycles. The summed E-state index contributed by atoms with van der Waals surface area (Å²) in [6.07, 6.45) is 4.91. The van der Waals surface area contributed by atoms with Crippen LogP contribution in [0.15, 0.2) is 36.0 Å². The minimum Gasteiger partial charge on any atom is -0.478 e. The quantitative estimate of drug-likeness (QED) is 0.678. The van der Waals surface area contributed by atoms with Crippen molar-refractivity contribution in [2.45, 2.75) is 48.0 Å². The number of hydrogen-bond donors (Lipinski definition) is 3. The minimum atomic E-state index is -0.900. The largest absolute Gasteiger partial charge is 0.478 e. The molecular weight excluding hydrogens is 300 g/mol. The van der Waals surface area contributed by atoms with E-state index in [1.54, 1.807) is 32.9 Å². The van der Waals surface area contributed by atoms with E-state index >= 15 is 0 Å². The fraction of sp³-hybridized carbons (Fsp3) is 0.471. The van der Waals surface area contributed by atoms with Crippen molar-refractivity contribution in [3.05, 3.63) is 36.0 Å². The van der Waals surface area contributed by atoms with Crippen molar-refractivity contribution >= 4 is 17.9 Å². The highest BCUT2D eigenvalue weighted by Crippen LogP contribution is 2.13. The summed E-state index contributed by atoms with van der Waals surface area (Å²) in [6.45, 7) is 14.1. The highest BCUT2D eigenvalue weighted by molar-refractivity contribution is 5.85. The number of carboxylic acid groups (broad SMARTS) is 3. The van der Waals surface area contributed by atoms with Crippen LogP contribution in [-0.4, -0.2) is 33.2 Å². The van der Waals surface area contributed by atoms with E-state index in [9.17, 15) is 14.4 Å². The highest BCUT2D eigenvalue weighted by Gasteiger charge is 2.03. The van der Waals surface area contributed by atoms with Crippen LogP contribution in [0.2, 0.25) is 0 Å². The van der Waals surface area contributed by atoms with E-state index in [1.807, 2.05) is 20.8 Å². The molecule has 0 atom stereocenters. The summed E-state index contributed by atoms with van der Waals surface area (Å²) in [5.74, 6) is -2.63. The Morgan fingerprint density at radius 3 is 1.52 bits per heavy atom. The standard InChI is InChI=1S/C7H12O2.2C5H8O2/c1-7(2,3)5-4-6(8)9;2*1-3-4(2)5(6)7/h4-5H,1-3H3,(H,8,9);3H,1-2H3,(H,6,7);2-3H2,1H3,(H,6,7). The lowest BCUT2D eigenvalue weighted by molar-refractivity contribution is -0.133. The molecule has 0 amide bonds. The monoisotopic (exact) mass is 328 g/mol. The molecule has 0 aromatic heterocycles. The molecule has 0 aliphatic carbocycles. The van der Waals surface area contributed by atoms with E-state index in [-0.39, 0.29) is 11.0 Å². The Balaban J connectivity index is -0.000000264. The molecule has 6 heteroatoms. The van der Waals surface area contributed by atoms with Crippen molar-refractivity contribution < 1.29 is 29.7 Å². The van der Waals surface area contributed by atoms with Crippen molar-refractivity contribution in [2.24, 2.45) is 5.41 Å². The van der Waals surface area contributed by atoms with Gasteiger partial charge >= 0.3 is 17.9 Å². The van der Waals surface area contributed by atoms with E-state index in [1.165, 1.54) is 6.08 Å². The molecule has 0 rings (SSSR count). The summed E-state index contributed by atoms with van der Waals surface area (Å²) in [4.78, 5) is 29.7. The molecular formula is C17H28O6. The van der Waals surface area contributed by atoms with Crippen LogP contribution in [0.1, 0.15) is 48.0 Å². The van der Waals surface area contributed by atoms with Crippen molar-refractivity contribution in [1.82, 2.24) is 0 Å². The molecule has 6 nitrogen and oxygen atoms in total. The van der Waals surface area contributed by atoms with Crippen LogP contribution < -0.4 is 0 Å². The van der Waals surface area contributed by atoms with Crippen molar-refractivity contribution in [3.8, 4) is 0 Å². The zero-order valence-corrected chi connectivity index (χ0v) is 14.7. The number of aliphatic carboxylic acids is 3. The Hall–Kier alpha value is -2.37. The van der Waals surface area contributed by atoms with Gasteiger partial charge in [-0.05, 0) is 25.7 Å². The van der Waals surface area contributed by atoms with E-state index in [2.05, 4.69) is 6.58 Å². The summed E-state index contributed by atoms with van der Waals surface area (Å²) in [7, 11) is 0. The summed E-state index contributed by atoms with van der Waals surface area (Å²) < 4.78 is 0. The van der Waals surface area contributed by atoms with Gasteiger partial charge < -0.3 is 15.3 Å². The van der Waals surface area contributed by atoms with Gasteiger partial charge in [-0.25, -0.2) is 14.4 Å². The molecule has 132 valence electrons. The van der Waals surface area contributed by atoms with Crippen LogP contribution in [0.5, 0.6) is 0 Å². The van der Waals surface area contributed by atoms with Gasteiger partial charge in [-0.2, -0.15) is 0 Å². The van der Waals surface area contributed by atoms with Gasteiger partial charge in [-0.15, -0.1) is 0 Å². The van der Waals surface area contributed by atoms with Gasteiger partial charge in [-0.1, -0.05) is 46.4 Å². The fourth-order valence-electron chi connectivity index (χ4n) is 0.596. The zero-order valence-electron chi connectivity index (χ0n) is 14.7. The van der Waals surface area contributed by atoms with E-state index in [0.717, 1.165) is 0 Å². The molecule has 0 saturated carbocycles. The van der Waals surface area contributed by atoms with Gasteiger partial charge in [0, 0.05) is 17.2 Å². The second kappa shape index (κ2) is 13.3. The Kier molecular flexibility index (Phi) is 14.8. The van der Waals surface area contributed by atoms with Gasteiger partial charge in [0.2, 0.25) is 0 Å². The second-order valence-corrected chi connectivity index (χ2v) is 5.58. The summed E-state index contributed by atoms with van der Waals surface area (Å²) in [6, 6.07) is 0. The molecule has 23 heavy (non-hydrogen) atoms. The number of carbonyl (C=O) groups is 3. The number of carboxylic acids is 3. The topological polar surface area (TPSA) is 112 Å². The van der Waals surface area contributed by atoms with Crippen molar-refractivity contribution in [2.75, 3.05) is 0 Å². The van der Waals surface area contributed by atoms with Crippen LogP contribution in [0, 0.1) is 5.41 Å². The molecule has 0 spiro atoms. The van der Waals surface area contributed by atoms with Crippen LogP contribution in [0.4, 0.5) is 0 Å². The molecule has 3 N–H and O–H groups in total. The summed E-state index contributed by atoms with van der Waals surface area (Å²) in [5.41, 5.74) is 0.623. The van der Waals surface area contributed by atoms with Crippen LogP contribution >= 0.6 is 0 Å². The number of allylic oxidation sites excluding steroid dienone is 2. The maximum atomic E-state index is 9.96. The Morgan fingerprint density at radius 2 is 1.48 bits per heavy atom. The Labute approximate surface area is 137 Å². The maximum Gasteiger partial charge on any atom is 0.330 e. The lowest BCUT2D eigenvalue weighted by Crippen LogP contribution is -2.00. The smallest absolute Gasteiger partial charge is 0.330 e. The molecule has 0 radical (unpaired) electrons. The molecule has 0 fully saturated rings. The van der Waals surface area contributed by atoms with Gasteiger partial charge in [0.25, 0.3) is 0 Å². The predicted octanol–water partition coefficient (Wildman–Crippen LogP) is 3.75. The number of rotatable bonds is 4. The molecule has 0 aliphatic rings. The Bertz CT molecular complexity index is 464. The predicted molar refractivity (Wildman–Crippen MR) is 90.4 cm³/mol. The van der Waals surface area contributed by atoms with Crippen LogP contribution in [0.3, 0.4) is 0 Å². The molecule has 0 bridgehead atoms. The third-order valence-corrected chi connectivity index (χ3v) is 2.23. The molecule has 0 unspecified atom stereocenters. The Morgan fingerprint density at radius 1 is 1.04 bits per heavy atom. The molecule has 0 aromatic carbocycles. The third-order valence-electron chi connectivity index (χ3n) is 2.23. The maximum absolute atomic E-state index is 9.96. The van der Waals surface area contributed by atoms with E-state index in [0.29, 0.717) is 12.0 Å². The third kappa shape index (κ3) is 25.0. The zero-order chi connectivity index (χ0) is 19.2. The molecule has 0 aromatic rings. The fourth-order valence-corrected chi connectivity index (χ4v) is 0.596. The number of hydrogen-bond acceptors (Lipinski definition) is 3. The first kappa shape index (κ1) is 25.6. The summed E-state index contributed by atoms with van der Waals surface area (Å²) in [5, 5.41) is 24.4.